The highest BCUT2D eigenvalue weighted by molar-refractivity contribution is 6.30. The number of carbonyl (C=O) groups is 1. The van der Waals surface area contributed by atoms with Gasteiger partial charge >= 0.3 is 0 Å². The van der Waals surface area contributed by atoms with Gasteiger partial charge in [-0.25, -0.2) is 9.97 Å². The van der Waals surface area contributed by atoms with E-state index in [0.29, 0.717) is 36.9 Å². The fourth-order valence-corrected chi connectivity index (χ4v) is 3.55. The highest BCUT2D eigenvalue weighted by Gasteiger charge is 2.24. The van der Waals surface area contributed by atoms with Crippen LogP contribution in [0.4, 0.5) is 5.82 Å². The van der Waals surface area contributed by atoms with Crippen LogP contribution in [0.15, 0.2) is 53.5 Å². The number of piperazine rings is 1. The average Bonchev–Trinajstić information content (AvgIpc) is 2.76. The number of hydrogen-bond acceptors (Lipinski definition) is 5. The summed E-state index contributed by atoms with van der Waals surface area (Å²) in [6.07, 6.45) is 2.36. The monoisotopic (exact) mass is 423 g/mol. The van der Waals surface area contributed by atoms with Crippen molar-refractivity contribution in [3.8, 4) is 11.4 Å². The molecule has 0 radical (unpaired) electrons. The van der Waals surface area contributed by atoms with Crippen LogP contribution < -0.4 is 10.5 Å². The minimum Gasteiger partial charge on any atom is -0.346 e. The summed E-state index contributed by atoms with van der Waals surface area (Å²) in [5, 5.41) is 0.685. The number of anilines is 1. The molecule has 0 aliphatic carbocycles. The normalized spacial score (nSPS) is 14.3. The van der Waals surface area contributed by atoms with Gasteiger partial charge in [0.1, 0.15) is 11.6 Å². The van der Waals surface area contributed by atoms with E-state index < -0.39 is 0 Å². The van der Waals surface area contributed by atoms with Crippen molar-refractivity contribution in [2.75, 3.05) is 24.5 Å². The number of nitrogens with zero attached hydrogens (tertiary/aromatic N) is 4. The molecule has 7 nitrogen and oxygen atoms in total. The Morgan fingerprint density at radius 2 is 1.90 bits per heavy atom. The van der Waals surface area contributed by atoms with Gasteiger partial charge in [-0.05, 0) is 36.2 Å². The second kappa shape index (κ2) is 8.67. The van der Waals surface area contributed by atoms with E-state index in [9.17, 15) is 9.59 Å². The summed E-state index contributed by atoms with van der Waals surface area (Å²) >= 11 is 5.93. The molecule has 2 aromatic heterocycles. The molecule has 0 saturated carbocycles. The summed E-state index contributed by atoms with van der Waals surface area (Å²) in [4.78, 5) is 39.9. The maximum absolute atomic E-state index is 12.6. The van der Waals surface area contributed by atoms with Crippen LogP contribution in [0.1, 0.15) is 18.2 Å². The Morgan fingerprint density at radius 1 is 1.10 bits per heavy atom. The fourth-order valence-electron chi connectivity index (χ4n) is 3.42. The number of rotatable bonds is 5. The molecule has 0 spiro atoms. The lowest BCUT2D eigenvalue weighted by molar-refractivity contribution is -0.131. The lowest BCUT2D eigenvalue weighted by Crippen LogP contribution is -2.50. The number of pyridine rings is 1. The molecule has 1 aliphatic rings. The SMILES string of the molecule is CCc1cc(=O)[nH]c(-c2ccc(N3CCN(Cc4ccc(Cl)cc4)C(=O)C3)nc2)n1. The van der Waals surface area contributed by atoms with Gasteiger partial charge < -0.3 is 14.8 Å². The van der Waals surface area contributed by atoms with Crippen LogP contribution in [0.25, 0.3) is 11.4 Å². The number of nitrogens with one attached hydrogen (secondary N) is 1. The van der Waals surface area contributed by atoms with Crippen LogP contribution in [0.3, 0.4) is 0 Å². The zero-order valence-electron chi connectivity index (χ0n) is 16.6. The Kier molecular flexibility index (Phi) is 5.81. The van der Waals surface area contributed by atoms with Gasteiger partial charge in [0.15, 0.2) is 0 Å². The van der Waals surface area contributed by atoms with Crippen LogP contribution in [0.5, 0.6) is 0 Å². The molecule has 1 aromatic carbocycles. The summed E-state index contributed by atoms with van der Waals surface area (Å²) in [6.45, 7) is 4.13. The molecular formula is C22H22ClN5O2. The third kappa shape index (κ3) is 4.52. The van der Waals surface area contributed by atoms with E-state index in [2.05, 4.69) is 15.0 Å². The first-order valence-corrected chi connectivity index (χ1v) is 10.2. The van der Waals surface area contributed by atoms with Gasteiger partial charge in [0.25, 0.3) is 5.56 Å². The zero-order valence-corrected chi connectivity index (χ0v) is 17.4. The van der Waals surface area contributed by atoms with Gasteiger partial charge in [-0.3, -0.25) is 9.59 Å². The molecule has 3 aromatic rings. The number of halogens is 1. The van der Waals surface area contributed by atoms with Crippen molar-refractivity contribution < 1.29 is 4.79 Å². The van der Waals surface area contributed by atoms with Crippen molar-refractivity contribution in [3.05, 3.63) is 75.3 Å². The van der Waals surface area contributed by atoms with Crippen molar-refractivity contribution in [1.82, 2.24) is 19.9 Å². The second-order valence-electron chi connectivity index (χ2n) is 7.21. The van der Waals surface area contributed by atoms with Crippen LogP contribution in [-0.4, -0.2) is 45.4 Å². The van der Waals surface area contributed by atoms with E-state index in [0.717, 1.165) is 22.6 Å². The van der Waals surface area contributed by atoms with Crippen molar-refractivity contribution in [3.63, 3.8) is 0 Å². The lowest BCUT2D eigenvalue weighted by Gasteiger charge is -2.35. The number of aryl methyl sites for hydroxylation is 1. The Bertz CT molecular complexity index is 1100. The van der Waals surface area contributed by atoms with Crippen molar-refractivity contribution >= 4 is 23.3 Å². The van der Waals surface area contributed by atoms with Crippen LogP contribution in [0, 0.1) is 0 Å². The average molecular weight is 424 g/mol. The fraction of sp³-hybridized carbons (Fsp3) is 0.273. The van der Waals surface area contributed by atoms with Crippen LogP contribution in [0.2, 0.25) is 5.02 Å². The van der Waals surface area contributed by atoms with E-state index >= 15 is 0 Å². The molecule has 1 amide bonds. The van der Waals surface area contributed by atoms with Gasteiger partial charge in [0, 0.05) is 48.2 Å². The van der Waals surface area contributed by atoms with E-state index in [1.54, 1.807) is 6.20 Å². The molecule has 0 atom stereocenters. The van der Waals surface area contributed by atoms with Gasteiger partial charge in [0.05, 0.1) is 6.54 Å². The predicted octanol–water partition coefficient (Wildman–Crippen LogP) is 2.90. The molecule has 3 heterocycles. The number of H-pyrrole nitrogens is 1. The first-order valence-electron chi connectivity index (χ1n) is 9.85. The number of carbonyl (C=O) groups excluding carboxylic acids is 1. The topological polar surface area (TPSA) is 82.2 Å². The summed E-state index contributed by atoms with van der Waals surface area (Å²) < 4.78 is 0. The summed E-state index contributed by atoms with van der Waals surface area (Å²) in [5.74, 6) is 1.29. The maximum Gasteiger partial charge on any atom is 0.251 e. The minimum absolute atomic E-state index is 0.0590. The van der Waals surface area contributed by atoms with E-state index in [-0.39, 0.29) is 18.0 Å². The molecule has 30 heavy (non-hydrogen) atoms. The summed E-state index contributed by atoms with van der Waals surface area (Å²) in [7, 11) is 0. The Morgan fingerprint density at radius 3 is 2.57 bits per heavy atom. The van der Waals surface area contributed by atoms with Crippen molar-refractivity contribution in [2.24, 2.45) is 0 Å². The molecule has 1 fully saturated rings. The number of aromatic nitrogens is 3. The molecular weight excluding hydrogens is 402 g/mol. The third-order valence-corrected chi connectivity index (χ3v) is 5.36. The van der Waals surface area contributed by atoms with Gasteiger partial charge in [0.2, 0.25) is 5.91 Å². The summed E-state index contributed by atoms with van der Waals surface area (Å²) in [6, 6.07) is 12.8. The third-order valence-electron chi connectivity index (χ3n) is 5.11. The Labute approximate surface area is 179 Å². The van der Waals surface area contributed by atoms with Crippen molar-refractivity contribution in [1.29, 1.82) is 0 Å². The Balaban J connectivity index is 1.43. The standard InChI is InChI=1S/C22H22ClN5O2/c1-2-18-11-20(29)26-22(25-18)16-5-8-19(24-12-16)27-9-10-28(21(30)14-27)13-15-3-6-17(23)7-4-15/h3-8,11-12H,2,9-10,13-14H2,1H3,(H,25,26,29). The van der Waals surface area contributed by atoms with Crippen LogP contribution >= 0.6 is 11.6 Å². The maximum atomic E-state index is 12.6. The molecule has 1 aliphatic heterocycles. The second-order valence-corrected chi connectivity index (χ2v) is 7.64. The number of aromatic amines is 1. The highest BCUT2D eigenvalue weighted by atomic mass is 35.5. The minimum atomic E-state index is -0.177. The number of benzene rings is 1. The van der Waals surface area contributed by atoms with Gasteiger partial charge in [-0.1, -0.05) is 30.7 Å². The Hall–Kier alpha value is -3.19. The number of hydrogen-bond donors (Lipinski definition) is 1. The molecule has 154 valence electrons. The zero-order chi connectivity index (χ0) is 21.1. The first-order chi connectivity index (χ1) is 14.5. The van der Waals surface area contributed by atoms with E-state index in [1.807, 2.05) is 53.1 Å². The smallest absolute Gasteiger partial charge is 0.251 e. The highest BCUT2D eigenvalue weighted by Crippen LogP contribution is 2.20. The van der Waals surface area contributed by atoms with Crippen LogP contribution in [-0.2, 0) is 17.8 Å². The molecule has 1 N–H and O–H groups in total. The van der Waals surface area contributed by atoms with E-state index in [1.165, 1.54) is 6.07 Å². The summed E-state index contributed by atoms with van der Waals surface area (Å²) in [5.41, 5.74) is 2.35. The lowest BCUT2D eigenvalue weighted by atomic mass is 10.2. The largest absolute Gasteiger partial charge is 0.346 e. The molecule has 0 bridgehead atoms. The van der Waals surface area contributed by atoms with Gasteiger partial charge in [-0.15, -0.1) is 0 Å². The first kappa shape index (κ1) is 20.1. The molecule has 8 heteroatoms. The molecule has 0 unspecified atom stereocenters. The van der Waals surface area contributed by atoms with Gasteiger partial charge in [-0.2, -0.15) is 0 Å². The molecule has 4 rings (SSSR count). The van der Waals surface area contributed by atoms with E-state index in [4.69, 9.17) is 11.6 Å². The number of amides is 1. The quantitative estimate of drug-likeness (QED) is 0.682. The molecule has 1 saturated heterocycles. The predicted molar refractivity (Wildman–Crippen MR) is 117 cm³/mol. The van der Waals surface area contributed by atoms with Crippen molar-refractivity contribution in [2.45, 2.75) is 19.9 Å².